The summed E-state index contributed by atoms with van der Waals surface area (Å²) in [5, 5.41) is 9.06. The smallest absolute Gasteiger partial charge is 0.248 e. The van der Waals surface area contributed by atoms with E-state index in [9.17, 15) is 9.59 Å². The van der Waals surface area contributed by atoms with Gasteiger partial charge in [-0.05, 0) is 55.6 Å². The van der Waals surface area contributed by atoms with E-state index in [1.165, 1.54) is 6.08 Å². The van der Waals surface area contributed by atoms with Crippen LogP contribution in [0.3, 0.4) is 0 Å². The highest BCUT2D eigenvalue weighted by molar-refractivity contribution is 6.03. The third-order valence-electron chi connectivity index (χ3n) is 4.34. The Morgan fingerprint density at radius 2 is 1.67 bits per heavy atom. The molecule has 6 heteroatoms. The molecule has 0 saturated carbocycles. The lowest BCUT2D eigenvalue weighted by Crippen LogP contribution is -2.41. The molecular formula is C24H32N4O2. The molecule has 6 nitrogen and oxygen atoms in total. The minimum atomic E-state index is -0.419. The van der Waals surface area contributed by atoms with Crippen molar-refractivity contribution in [3.63, 3.8) is 0 Å². The summed E-state index contributed by atoms with van der Waals surface area (Å²) in [5.74, 6) is 0.122. The molecule has 0 radical (unpaired) electrons. The number of carbonyl (C=O) groups is 2. The molecular weight excluding hydrogens is 376 g/mol. The van der Waals surface area contributed by atoms with Gasteiger partial charge in [0.05, 0.1) is 11.4 Å². The van der Waals surface area contributed by atoms with Crippen LogP contribution in [0.1, 0.15) is 44.9 Å². The van der Waals surface area contributed by atoms with E-state index < -0.39 is 6.04 Å². The zero-order chi connectivity index (χ0) is 22.1. The van der Waals surface area contributed by atoms with Gasteiger partial charge in [0.2, 0.25) is 11.8 Å². The minimum Gasteiger partial charge on any atom is -0.397 e. The van der Waals surface area contributed by atoms with Gasteiger partial charge in [-0.1, -0.05) is 50.2 Å². The van der Waals surface area contributed by atoms with Gasteiger partial charge < -0.3 is 21.7 Å². The van der Waals surface area contributed by atoms with Gasteiger partial charge in [0.15, 0.2) is 0 Å². The van der Waals surface area contributed by atoms with E-state index in [-0.39, 0.29) is 17.9 Å². The minimum absolute atomic E-state index is 0.0474. The van der Waals surface area contributed by atoms with Crippen LogP contribution < -0.4 is 21.7 Å². The van der Waals surface area contributed by atoms with Crippen LogP contribution in [0.5, 0.6) is 0 Å². The Kier molecular flexibility index (Phi) is 8.62. The van der Waals surface area contributed by atoms with E-state index in [0.717, 1.165) is 17.7 Å². The molecule has 30 heavy (non-hydrogen) atoms. The van der Waals surface area contributed by atoms with Crippen molar-refractivity contribution >= 4 is 29.3 Å². The standard InChI is InChI=1S/C24H32N4O2/c1-16(2)15-26-23(24(30)27-17(3)4)19-12-9-18(10-13-19)11-14-22(29)28-21-8-6-5-7-20(21)25/h5-14,16-17,23,26H,15,25H2,1-4H3,(H,27,30)(H,28,29)/b14-11+. The second kappa shape index (κ2) is 11.2. The normalized spacial score (nSPS) is 12.3. The number of rotatable bonds is 9. The molecule has 0 spiro atoms. The summed E-state index contributed by atoms with van der Waals surface area (Å²) in [4.78, 5) is 24.8. The second-order valence-electron chi connectivity index (χ2n) is 7.97. The average Bonchev–Trinajstić information content (AvgIpc) is 2.68. The maximum absolute atomic E-state index is 12.6. The molecule has 160 valence electrons. The molecule has 2 aromatic carbocycles. The van der Waals surface area contributed by atoms with E-state index in [1.807, 2.05) is 50.2 Å². The summed E-state index contributed by atoms with van der Waals surface area (Å²) < 4.78 is 0. The van der Waals surface area contributed by atoms with Crippen molar-refractivity contribution in [2.45, 2.75) is 39.8 Å². The molecule has 0 aromatic heterocycles. The average molecular weight is 409 g/mol. The summed E-state index contributed by atoms with van der Waals surface area (Å²) >= 11 is 0. The molecule has 0 fully saturated rings. The number of hydrogen-bond acceptors (Lipinski definition) is 4. The lowest BCUT2D eigenvalue weighted by molar-refractivity contribution is -0.123. The van der Waals surface area contributed by atoms with Crippen molar-refractivity contribution < 1.29 is 9.59 Å². The molecule has 2 rings (SSSR count). The summed E-state index contributed by atoms with van der Waals surface area (Å²) in [6.45, 7) is 8.83. The van der Waals surface area contributed by atoms with E-state index in [1.54, 1.807) is 18.2 Å². The first-order valence-electron chi connectivity index (χ1n) is 10.2. The van der Waals surface area contributed by atoms with Crippen LogP contribution in [0.2, 0.25) is 0 Å². The van der Waals surface area contributed by atoms with Gasteiger partial charge in [-0.2, -0.15) is 0 Å². The SMILES string of the molecule is CC(C)CNC(C(=O)NC(C)C)c1ccc(/C=C/C(=O)Nc2ccccc2N)cc1. The predicted octanol–water partition coefficient (Wildman–Crippen LogP) is 3.73. The van der Waals surface area contributed by atoms with Crippen molar-refractivity contribution in [3.8, 4) is 0 Å². The predicted molar refractivity (Wildman–Crippen MR) is 124 cm³/mol. The first-order valence-corrected chi connectivity index (χ1v) is 10.2. The maximum atomic E-state index is 12.6. The van der Waals surface area contributed by atoms with Crippen LogP contribution in [0.25, 0.3) is 6.08 Å². The summed E-state index contributed by atoms with van der Waals surface area (Å²) in [6.07, 6.45) is 3.18. The zero-order valence-corrected chi connectivity index (χ0v) is 18.1. The van der Waals surface area contributed by atoms with Crippen LogP contribution in [0.4, 0.5) is 11.4 Å². The lowest BCUT2D eigenvalue weighted by atomic mass is 10.0. The quantitative estimate of drug-likeness (QED) is 0.375. The molecule has 2 amide bonds. The molecule has 0 heterocycles. The number of carbonyl (C=O) groups excluding carboxylic acids is 2. The Morgan fingerprint density at radius 3 is 2.27 bits per heavy atom. The van der Waals surface area contributed by atoms with Crippen LogP contribution in [-0.4, -0.2) is 24.4 Å². The third-order valence-corrected chi connectivity index (χ3v) is 4.34. The second-order valence-corrected chi connectivity index (χ2v) is 7.97. The highest BCUT2D eigenvalue weighted by Gasteiger charge is 2.20. The zero-order valence-electron chi connectivity index (χ0n) is 18.1. The number of nitrogens with two attached hydrogens (primary N) is 1. The van der Waals surface area contributed by atoms with Crippen molar-refractivity contribution in [3.05, 3.63) is 65.7 Å². The largest absolute Gasteiger partial charge is 0.397 e. The number of nitrogens with one attached hydrogen (secondary N) is 3. The number of hydrogen-bond donors (Lipinski definition) is 4. The summed E-state index contributed by atoms with van der Waals surface area (Å²) in [7, 11) is 0. The fraction of sp³-hybridized carbons (Fsp3) is 0.333. The number of anilines is 2. The van der Waals surface area contributed by atoms with Gasteiger partial charge >= 0.3 is 0 Å². The fourth-order valence-corrected chi connectivity index (χ4v) is 2.84. The molecule has 5 N–H and O–H groups in total. The summed E-state index contributed by atoms with van der Waals surface area (Å²) in [6, 6.07) is 14.4. The Hall–Kier alpha value is -3.12. The van der Waals surface area contributed by atoms with Gasteiger partial charge in [0.1, 0.15) is 6.04 Å². The Morgan fingerprint density at radius 1 is 1.00 bits per heavy atom. The number of benzene rings is 2. The topological polar surface area (TPSA) is 96.2 Å². The highest BCUT2D eigenvalue weighted by Crippen LogP contribution is 2.18. The Bertz CT molecular complexity index is 873. The molecule has 0 aliphatic rings. The summed E-state index contributed by atoms with van der Waals surface area (Å²) in [5.41, 5.74) is 8.68. The van der Waals surface area contributed by atoms with Crippen molar-refractivity contribution in [1.29, 1.82) is 0 Å². The fourth-order valence-electron chi connectivity index (χ4n) is 2.84. The maximum Gasteiger partial charge on any atom is 0.248 e. The van der Waals surface area contributed by atoms with Crippen LogP contribution in [-0.2, 0) is 9.59 Å². The van der Waals surface area contributed by atoms with Crippen LogP contribution >= 0.6 is 0 Å². The number of para-hydroxylation sites is 2. The van der Waals surface area contributed by atoms with Crippen molar-refractivity contribution in [2.24, 2.45) is 5.92 Å². The van der Waals surface area contributed by atoms with Crippen molar-refractivity contribution in [2.75, 3.05) is 17.6 Å². The lowest BCUT2D eigenvalue weighted by Gasteiger charge is -2.21. The van der Waals surface area contributed by atoms with Gasteiger partial charge in [0.25, 0.3) is 0 Å². The van der Waals surface area contributed by atoms with Gasteiger partial charge in [-0.15, -0.1) is 0 Å². The molecule has 2 aromatic rings. The first kappa shape index (κ1) is 23.2. The van der Waals surface area contributed by atoms with E-state index in [4.69, 9.17) is 5.73 Å². The third kappa shape index (κ3) is 7.37. The Labute approximate surface area is 178 Å². The molecule has 1 unspecified atom stereocenters. The van der Waals surface area contributed by atoms with Crippen molar-refractivity contribution in [1.82, 2.24) is 10.6 Å². The first-order chi connectivity index (χ1) is 14.3. The highest BCUT2D eigenvalue weighted by atomic mass is 16.2. The number of amides is 2. The van der Waals surface area contributed by atoms with Crippen LogP contribution in [0, 0.1) is 5.92 Å². The monoisotopic (exact) mass is 408 g/mol. The van der Waals surface area contributed by atoms with E-state index in [2.05, 4.69) is 29.8 Å². The van der Waals surface area contributed by atoms with Gasteiger partial charge in [0, 0.05) is 12.1 Å². The van der Waals surface area contributed by atoms with E-state index in [0.29, 0.717) is 17.3 Å². The van der Waals surface area contributed by atoms with Gasteiger partial charge in [-0.3, -0.25) is 9.59 Å². The molecule has 0 aliphatic heterocycles. The number of nitrogen functional groups attached to an aromatic ring is 1. The Balaban J connectivity index is 2.06. The molecule has 0 aliphatic carbocycles. The molecule has 1 atom stereocenters. The van der Waals surface area contributed by atoms with E-state index >= 15 is 0 Å². The van der Waals surface area contributed by atoms with Crippen LogP contribution in [0.15, 0.2) is 54.6 Å². The molecule has 0 saturated heterocycles. The molecule has 0 bridgehead atoms. The van der Waals surface area contributed by atoms with Gasteiger partial charge in [-0.25, -0.2) is 0 Å².